The zero-order valence-electron chi connectivity index (χ0n) is 10.7. The number of hydrogen-bond acceptors (Lipinski definition) is 3. The predicted molar refractivity (Wildman–Crippen MR) is 75.7 cm³/mol. The summed E-state index contributed by atoms with van der Waals surface area (Å²) in [6.07, 6.45) is 4.67. The minimum absolute atomic E-state index is 0.289. The predicted octanol–water partition coefficient (Wildman–Crippen LogP) is 3.24. The van der Waals surface area contributed by atoms with Gasteiger partial charge in [-0.25, -0.2) is 0 Å². The van der Waals surface area contributed by atoms with Crippen LogP contribution in [0.15, 0.2) is 22.7 Å². The van der Waals surface area contributed by atoms with E-state index >= 15 is 0 Å². The molecular formula is C14H20BrNO2. The topological polar surface area (TPSA) is 44.5 Å². The van der Waals surface area contributed by atoms with E-state index < -0.39 is 0 Å². The Labute approximate surface area is 117 Å². The molecule has 1 aromatic rings. The Morgan fingerprint density at radius 3 is 2.94 bits per heavy atom. The molecule has 0 radical (unpaired) electrons. The molecule has 1 saturated carbocycles. The lowest BCUT2D eigenvalue weighted by Crippen LogP contribution is -2.32. The van der Waals surface area contributed by atoms with Gasteiger partial charge in [-0.15, -0.1) is 0 Å². The van der Waals surface area contributed by atoms with Gasteiger partial charge >= 0.3 is 0 Å². The first-order valence-electron chi connectivity index (χ1n) is 6.38. The van der Waals surface area contributed by atoms with Gasteiger partial charge in [0.05, 0.1) is 19.8 Å². The third-order valence-electron chi connectivity index (χ3n) is 3.38. The standard InChI is InChI=1S/C14H20BrNO2/c1-17-14-6-5-11(15)7-10(14)9-18-13-4-2-3-12(16)8-13/h5-7,12-13H,2-4,8-9,16H2,1H3. The van der Waals surface area contributed by atoms with Crippen LogP contribution >= 0.6 is 15.9 Å². The fraction of sp³-hybridized carbons (Fsp3) is 0.571. The zero-order valence-corrected chi connectivity index (χ0v) is 12.3. The molecule has 2 N–H and O–H groups in total. The van der Waals surface area contributed by atoms with Gasteiger partial charge in [-0.3, -0.25) is 0 Å². The molecule has 100 valence electrons. The first-order valence-corrected chi connectivity index (χ1v) is 7.18. The van der Waals surface area contributed by atoms with E-state index in [0.29, 0.717) is 12.6 Å². The Morgan fingerprint density at radius 1 is 1.39 bits per heavy atom. The second kappa shape index (κ2) is 6.55. The van der Waals surface area contributed by atoms with Gasteiger partial charge in [-0.05, 0) is 43.9 Å². The monoisotopic (exact) mass is 313 g/mol. The number of rotatable bonds is 4. The van der Waals surface area contributed by atoms with Crippen molar-refractivity contribution in [3.63, 3.8) is 0 Å². The first kappa shape index (κ1) is 13.8. The third-order valence-corrected chi connectivity index (χ3v) is 3.88. The lowest BCUT2D eigenvalue weighted by molar-refractivity contribution is 0.0114. The van der Waals surface area contributed by atoms with E-state index in [1.807, 2.05) is 18.2 Å². The molecule has 1 aliphatic carbocycles. The highest BCUT2D eigenvalue weighted by Gasteiger charge is 2.20. The molecule has 0 spiro atoms. The van der Waals surface area contributed by atoms with Crippen LogP contribution in [0.3, 0.4) is 0 Å². The Kier molecular flexibility index (Phi) is 5.03. The number of hydrogen-bond donors (Lipinski definition) is 1. The maximum atomic E-state index is 5.96. The SMILES string of the molecule is COc1ccc(Br)cc1COC1CCCC(N)C1. The quantitative estimate of drug-likeness (QED) is 0.928. The van der Waals surface area contributed by atoms with Gasteiger partial charge in [-0.1, -0.05) is 15.9 Å². The van der Waals surface area contributed by atoms with Gasteiger partial charge in [0.15, 0.2) is 0 Å². The summed E-state index contributed by atoms with van der Waals surface area (Å²) in [5.74, 6) is 0.873. The van der Waals surface area contributed by atoms with Crippen molar-refractivity contribution >= 4 is 15.9 Å². The minimum atomic E-state index is 0.289. The maximum absolute atomic E-state index is 5.96. The summed E-state index contributed by atoms with van der Waals surface area (Å²) in [4.78, 5) is 0. The summed E-state index contributed by atoms with van der Waals surface area (Å²) in [6, 6.07) is 6.27. The van der Waals surface area contributed by atoms with E-state index in [0.717, 1.165) is 35.0 Å². The van der Waals surface area contributed by atoms with Crippen molar-refractivity contribution in [2.45, 2.75) is 44.4 Å². The van der Waals surface area contributed by atoms with Crippen LogP contribution < -0.4 is 10.5 Å². The molecule has 0 saturated heterocycles. The van der Waals surface area contributed by atoms with Crippen LogP contribution in [0.4, 0.5) is 0 Å². The van der Waals surface area contributed by atoms with Crippen molar-refractivity contribution in [2.24, 2.45) is 5.73 Å². The van der Waals surface area contributed by atoms with Gasteiger partial charge in [-0.2, -0.15) is 0 Å². The fourth-order valence-corrected chi connectivity index (χ4v) is 2.81. The molecule has 0 aromatic heterocycles. The highest BCUT2D eigenvalue weighted by molar-refractivity contribution is 9.10. The van der Waals surface area contributed by atoms with Crippen LogP contribution in [0.2, 0.25) is 0 Å². The lowest BCUT2D eigenvalue weighted by Gasteiger charge is -2.26. The molecule has 0 amide bonds. The molecule has 1 fully saturated rings. The van der Waals surface area contributed by atoms with Crippen LogP contribution in [-0.2, 0) is 11.3 Å². The molecule has 4 heteroatoms. The third kappa shape index (κ3) is 3.70. The fourth-order valence-electron chi connectivity index (χ4n) is 2.40. The Morgan fingerprint density at radius 2 is 2.22 bits per heavy atom. The molecule has 18 heavy (non-hydrogen) atoms. The molecule has 2 rings (SSSR count). The van der Waals surface area contributed by atoms with Crippen molar-refractivity contribution in [1.82, 2.24) is 0 Å². The minimum Gasteiger partial charge on any atom is -0.496 e. The van der Waals surface area contributed by atoms with Crippen LogP contribution in [0.1, 0.15) is 31.2 Å². The molecule has 1 aliphatic rings. The van der Waals surface area contributed by atoms with E-state index in [2.05, 4.69) is 15.9 Å². The van der Waals surface area contributed by atoms with Crippen molar-refractivity contribution in [2.75, 3.05) is 7.11 Å². The van der Waals surface area contributed by atoms with E-state index in [-0.39, 0.29) is 6.10 Å². The Bertz CT molecular complexity index is 397. The molecule has 0 bridgehead atoms. The van der Waals surface area contributed by atoms with Crippen molar-refractivity contribution in [1.29, 1.82) is 0 Å². The van der Waals surface area contributed by atoms with E-state index in [4.69, 9.17) is 15.2 Å². The Hall–Kier alpha value is -0.580. The Balaban J connectivity index is 1.94. The molecule has 1 aromatic carbocycles. The van der Waals surface area contributed by atoms with E-state index in [9.17, 15) is 0 Å². The number of nitrogens with two attached hydrogens (primary N) is 1. The van der Waals surface area contributed by atoms with Gasteiger partial charge in [0.2, 0.25) is 0 Å². The second-order valence-corrected chi connectivity index (χ2v) is 5.73. The highest BCUT2D eigenvalue weighted by Crippen LogP contribution is 2.26. The van der Waals surface area contributed by atoms with Crippen LogP contribution in [-0.4, -0.2) is 19.3 Å². The zero-order chi connectivity index (χ0) is 13.0. The average Bonchev–Trinajstić information content (AvgIpc) is 2.37. The smallest absolute Gasteiger partial charge is 0.124 e. The number of methoxy groups -OCH3 is 1. The lowest BCUT2D eigenvalue weighted by atomic mass is 9.93. The normalized spacial score (nSPS) is 23.9. The first-order chi connectivity index (χ1) is 8.69. The largest absolute Gasteiger partial charge is 0.496 e. The average molecular weight is 314 g/mol. The van der Waals surface area contributed by atoms with Gasteiger partial charge in [0.25, 0.3) is 0 Å². The second-order valence-electron chi connectivity index (χ2n) is 4.82. The summed E-state index contributed by atoms with van der Waals surface area (Å²) >= 11 is 3.47. The van der Waals surface area contributed by atoms with Crippen molar-refractivity contribution < 1.29 is 9.47 Å². The molecule has 2 unspecified atom stereocenters. The molecular weight excluding hydrogens is 294 g/mol. The van der Waals surface area contributed by atoms with E-state index in [1.54, 1.807) is 7.11 Å². The van der Waals surface area contributed by atoms with Gasteiger partial charge in [0, 0.05) is 16.1 Å². The van der Waals surface area contributed by atoms with Gasteiger partial charge in [0.1, 0.15) is 5.75 Å². The van der Waals surface area contributed by atoms with Crippen LogP contribution in [0.25, 0.3) is 0 Å². The summed E-state index contributed by atoms with van der Waals surface area (Å²) in [6.45, 7) is 0.583. The molecule has 0 aliphatic heterocycles. The van der Waals surface area contributed by atoms with E-state index in [1.165, 1.54) is 6.42 Å². The van der Waals surface area contributed by atoms with Crippen LogP contribution in [0, 0.1) is 0 Å². The molecule has 3 nitrogen and oxygen atoms in total. The van der Waals surface area contributed by atoms with Gasteiger partial charge < -0.3 is 15.2 Å². The highest BCUT2D eigenvalue weighted by atomic mass is 79.9. The maximum Gasteiger partial charge on any atom is 0.124 e. The molecule has 2 atom stereocenters. The summed E-state index contributed by atoms with van der Waals surface area (Å²) < 4.78 is 12.3. The summed E-state index contributed by atoms with van der Waals surface area (Å²) in [5, 5.41) is 0. The number of halogens is 1. The summed E-state index contributed by atoms with van der Waals surface area (Å²) in [7, 11) is 1.68. The summed E-state index contributed by atoms with van der Waals surface area (Å²) in [5.41, 5.74) is 7.04. The number of ether oxygens (including phenoxy) is 2. The van der Waals surface area contributed by atoms with Crippen molar-refractivity contribution in [3.05, 3.63) is 28.2 Å². The number of benzene rings is 1. The van der Waals surface area contributed by atoms with Crippen molar-refractivity contribution in [3.8, 4) is 5.75 Å². The molecule has 0 heterocycles. The van der Waals surface area contributed by atoms with Crippen LogP contribution in [0.5, 0.6) is 5.75 Å².